The standard InChI is InChI=1S/C15H34O3Si.C8H18/c1-5-6-7-8-9-10-11-12-13-14-15-19(16-2,17-3)18-4;1-3-5-7-8-6-4-2/h5-15H2,1-4H3;3-8H2,1-2H3. The summed E-state index contributed by atoms with van der Waals surface area (Å²) in [5.74, 6) is 0. The van der Waals surface area contributed by atoms with Crippen LogP contribution in [0.25, 0.3) is 0 Å². The molecule has 166 valence electrons. The molecule has 0 saturated heterocycles. The van der Waals surface area contributed by atoms with E-state index in [0.717, 1.165) is 12.5 Å². The predicted molar refractivity (Wildman–Crippen MR) is 122 cm³/mol. The molecule has 0 radical (unpaired) electrons. The monoisotopic (exact) mass is 404 g/mol. The molecule has 27 heavy (non-hydrogen) atoms. The van der Waals surface area contributed by atoms with Crippen molar-refractivity contribution >= 4 is 8.80 Å². The van der Waals surface area contributed by atoms with Crippen LogP contribution in [0.1, 0.15) is 124 Å². The maximum absolute atomic E-state index is 5.41. The van der Waals surface area contributed by atoms with Crippen molar-refractivity contribution in [2.24, 2.45) is 0 Å². The van der Waals surface area contributed by atoms with E-state index in [2.05, 4.69) is 20.8 Å². The number of hydrogen-bond acceptors (Lipinski definition) is 3. The predicted octanol–water partition coefficient (Wildman–Crippen LogP) is 8.15. The lowest BCUT2D eigenvalue weighted by Gasteiger charge is -2.24. The largest absolute Gasteiger partial charge is 0.500 e. The van der Waals surface area contributed by atoms with Gasteiger partial charge in [0.2, 0.25) is 0 Å². The molecule has 0 atom stereocenters. The first-order chi connectivity index (χ1) is 13.2. The van der Waals surface area contributed by atoms with E-state index in [-0.39, 0.29) is 0 Å². The zero-order chi connectivity index (χ0) is 20.6. The maximum Gasteiger partial charge on any atom is 0.500 e. The molecule has 0 unspecified atom stereocenters. The van der Waals surface area contributed by atoms with Crippen LogP contribution in [-0.4, -0.2) is 30.1 Å². The quantitative estimate of drug-likeness (QED) is 0.160. The van der Waals surface area contributed by atoms with Gasteiger partial charge >= 0.3 is 8.80 Å². The van der Waals surface area contributed by atoms with Gasteiger partial charge in [-0.2, -0.15) is 0 Å². The molecule has 0 heterocycles. The van der Waals surface area contributed by atoms with Gasteiger partial charge in [-0.25, -0.2) is 0 Å². The minimum absolute atomic E-state index is 0.938. The average Bonchev–Trinajstić information content (AvgIpc) is 2.71. The van der Waals surface area contributed by atoms with Crippen LogP contribution in [-0.2, 0) is 13.3 Å². The Morgan fingerprint density at radius 1 is 0.407 bits per heavy atom. The second-order valence-corrected chi connectivity index (χ2v) is 10.7. The molecule has 0 saturated carbocycles. The lowest BCUT2D eigenvalue weighted by atomic mass is 10.1. The Balaban J connectivity index is 0. The first-order valence-corrected chi connectivity index (χ1v) is 13.7. The molecule has 0 aliphatic rings. The fraction of sp³-hybridized carbons (Fsp3) is 1.00. The van der Waals surface area contributed by atoms with Gasteiger partial charge in [0.15, 0.2) is 0 Å². The van der Waals surface area contributed by atoms with Gasteiger partial charge in [0.25, 0.3) is 0 Å². The summed E-state index contributed by atoms with van der Waals surface area (Å²) in [6.07, 6.45) is 22.0. The summed E-state index contributed by atoms with van der Waals surface area (Å²) in [6, 6.07) is 0.938. The van der Waals surface area contributed by atoms with Gasteiger partial charge in [-0.15, -0.1) is 0 Å². The number of rotatable bonds is 19. The molecular weight excluding hydrogens is 352 g/mol. The smallest absolute Gasteiger partial charge is 0.377 e. The van der Waals surface area contributed by atoms with Crippen LogP contribution in [0.4, 0.5) is 0 Å². The molecule has 3 nitrogen and oxygen atoms in total. The van der Waals surface area contributed by atoms with Crippen molar-refractivity contribution in [1.82, 2.24) is 0 Å². The van der Waals surface area contributed by atoms with Crippen molar-refractivity contribution in [3.05, 3.63) is 0 Å². The molecule has 0 aromatic carbocycles. The Morgan fingerprint density at radius 2 is 0.667 bits per heavy atom. The van der Waals surface area contributed by atoms with Crippen LogP contribution < -0.4 is 0 Å². The summed E-state index contributed by atoms with van der Waals surface area (Å²) >= 11 is 0. The second kappa shape index (κ2) is 24.1. The van der Waals surface area contributed by atoms with E-state index in [9.17, 15) is 0 Å². The van der Waals surface area contributed by atoms with Gasteiger partial charge in [0.1, 0.15) is 0 Å². The van der Waals surface area contributed by atoms with E-state index >= 15 is 0 Å². The third-order valence-corrected chi connectivity index (χ3v) is 8.06. The highest BCUT2D eigenvalue weighted by molar-refractivity contribution is 6.60. The van der Waals surface area contributed by atoms with Crippen molar-refractivity contribution in [3.63, 3.8) is 0 Å². The first kappa shape index (κ1) is 29.3. The second-order valence-electron chi connectivity index (χ2n) is 7.64. The van der Waals surface area contributed by atoms with Crippen molar-refractivity contribution in [1.29, 1.82) is 0 Å². The van der Waals surface area contributed by atoms with Crippen molar-refractivity contribution in [3.8, 4) is 0 Å². The molecule has 0 aromatic heterocycles. The van der Waals surface area contributed by atoms with Crippen molar-refractivity contribution < 1.29 is 13.3 Å². The Morgan fingerprint density at radius 3 is 0.926 bits per heavy atom. The third kappa shape index (κ3) is 20.6. The molecule has 0 aliphatic heterocycles. The fourth-order valence-electron chi connectivity index (χ4n) is 3.24. The summed E-state index contributed by atoms with van der Waals surface area (Å²) in [4.78, 5) is 0. The highest BCUT2D eigenvalue weighted by Gasteiger charge is 2.36. The van der Waals surface area contributed by atoms with Crippen LogP contribution in [0.15, 0.2) is 0 Å². The zero-order valence-corrected chi connectivity index (χ0v) is 20.7. The molecule has 0 bridgehead atoms. The minimum Gasteiger partial charge on any atom is -0.377 e. The highest BCUT2D eigenvalue weighted by atomic mass is 28.4. The molecule has 0 aromatic rings. The van der Waals surface area contributed by atoms with Gasteiger partial charge < -0.3 is 13.3 Å². The van der Waals surface area contributed by atoms with Crippen molar-refractivity contribution in [2.45, 2.75) is 130 Å². The first-order valence-electron chi connectivity index (χ1n) is 11.8. The molecule has 0 aliphatic carbocycles. The van der Waals surface area contributed by atoms with E-state index in [4.69, 9.17) is 13.3 Å². The highest BCUT2D eigenvalue weighted by Crippen LogP contribution is 2.18. The Hall–Kier alpha value is 0.0969. The molecule has 0 spiro atoms. The van der Waals surface area contributed by atoms with Gasteiger partial charge in [-0.1, -0.05) is 117 Å². The topological polar surface area (TPSA) is 27.7 Å². The maximum atomic E-state index is 5.41. The SMILES string of the molecule is CCCCCCCC.CCCCCCCCCCCC[Si](OC)(OC)OC. The van der Waals surface area contributed by atoms with Gasteiger partial charge in [0, 0.05) is 27.4 Å². The van der Waals surface area contributed by atoms with E-state index in [1.807, 2.05) is 0 Å². The Kier molecular flexibility index (Phi) is 26.2. The van der Waals surface area contributed by atoms with Gasteiger partial charge in [-0.05, 0) is 6.42 Å². The Bertz CT molecular complexity index is 244. The number of unbranched alkanes of at least 4 members (excludes halogenated alkanes) is 14. The summed E-state index contributed by atoms with van der Waals surface area (Å²) in [7, 11) is 2.76. The molecule has 0 N–H and O–H groups in total. The summed E-state index contributed by atoms with van der Waals surface area (Å²) < 4.78 is 16.2. The molecule has 4 heteroatoms. The van der Waals surface area contributed by atoms with Crippen LogP contribution in [0.5, 0.6) is 0 Å². The normalized spacial score (nSPS) is 11.3. The van der Waals surface area contributed by atoms with Crippen LogP contribution >= 0.6 is 0 Å². The lowest BCUT2D eigenvalue weighted by Crippen LogP contribution is -2.42. The van der Waals surface area contributed by atoms with E-state index in [0.29, 0.717) is 0 Å². The van der Waals surface area contributed by atoms with Crippen LogP contribution in [0.3, 0.4) is 0 Å². The van der Waals surface area contributed by atoms with E-state index in [1.165, 1.54) is 96.3 Å². The summed E-state index contributed by atoms with van der Waals surface area (Å²) in [5.41, 5.74) is 0. The van der Waals surface area contributed by atoms with Gasteiger partial charge in [0.05, 0.1) is 0 Å². The van der Waals surface area contributed by atoms with Crippen LogP contribution in [0.2, 0.25) is 6.04 Å². The zero-order valence-electron chi connectivity index (χ0n) is 19.7. The average molecular weight is 405 g/mol. The lowest BCUT2D eigenvalue weighted by molar-refractivity contribution is 0.122. The summed E-state index contributed by atoms with van der Waals surface area (Å²) in [5, 5.41) is 0. The van der Waals surface area contributed by atoms with Gasteiger partial charge in [-0.3, -0.25) is 0 Å². The van der Waals surface area contributed by atoms with Crippen LogP contribution in [0, 0.1) is 0 Å². The number of hydrogen-bond donors (Lipinski definition) is 0. The molecule has 0 fully saturated rings. The minimum atomic E-state index is -2.31. The molecular formula is C23H52O3Si. The fourth-order valence-corrected chi connectivity index (χ4v) is 5.03. The van der Waals surface area contributed by atoms with Crippen molar-refractivity contribution in [2.75, 3.05) is 21.3 Å². The summed E-state index contributed by atoms with van der Waals surface area (Å²) in [6.45, 7) is 6.78. The van der Waals surface area contributed by atoms with E-state index < -0.39 is 8.80 Å². The molecule has 0 amide bonds. The van der Waals surface area contributed by atoms with E-state index in [1.54, 1.807) is 21.3 Å². The third-order valence-electron chi connectivity index (χ3n) is 5.23. The Labute approximate surface area is 173 Å². The molecule has 0 rings (SSSR count).